The zero-order chi connectivity index (χ0) is 34.3. The van der Waals surface area contributed by atoms with Crippen LogP contribution in [0.3, 0.4) is 0 Å². The molecule has 7 rings (SSSR count). The van der Waals surface area contributed by atoms with Crippen LogP contribution in [0, 0.1) is 0 Å². The zero-order valence-electron chi connectivity index (χ0n) is 24.8. The van der Waals surface area contributed by atoms with Crippen LogP contribution in [0.25, 0.3) is 47.2 Å². The molecule has 4 atom stereocenters. The van der Waals surface area contributed by atoms with Crippen molar-refractivity contribution in [3.63, 3.8) is 0 Å². The first-order valence-corrected chi connectivity index (χ1v) is 14.3. The molecule has 48 heavy (non-hydrogen) atoms. The number of aromatic nitrogens is 2. The number of hydrogen-bond acceptors (Lipinski definition) is 6. The molecule has 0 N–H and O–H groups in total. The molecule has 0 amide bonds. The highest BCUT2D eigenvalue weighted by molar-refractivity contribution is 5.68. The molecule has 1 saturated carbocycles. The second-order valence-corrected chi connectivity index (χ2v) is 11.8. The van der Waals surface area contributed by atoms with Crippen molar-refractivity contribution in [1.29, 1.82) is 0 Å². The Balaban J connectivity index is 1.10. The summed E-state index contributed by atoms with van der Waals surface area (Å²) in [4.78, 5) is 8.45. The standard InChI is InChI=1S/C34H22F8N2O4/c1-29(35)15-11-23-25(13-17-29)45-27(43-23)19-3-7-21(8-4-19)47-33(41)31(37,38)32(39,40)34(33,42)48-22-9-5-20(6-10-22)28-44-24-12-16-30(2,36)18-14-26(24)46-28/h3-18H,1-2H3. The van der Waals surface area contributed by atoms with Crippen molar-refractivity contribution in [3.05, 3.63) is 95.7 Å². The molecular formula is C34H22F8N2O4. The van der Waals surface area contributed by atoms with E-state index in [4.69, 9.17) is 8.83 Å². The zero-order valence-corrected chi connectivity index (χ0v) is 24.8. The van der Waals surface area contributed by atoms with Crippen molar-refractivity contribution in [2.24, 2.45) is 0 Å². The molecule has 0 aliphatic heterocycles. The molecule has 3 aliphatic carbocycles. The van der Waals surface area contributed by atoms with E-state index in [9.17, 15) is 26.3 Å². The fraction of sp³-hybridized carbons (Fsp3) is 0.235. The molecule has 1 fully saturated rings. The highest BCUT2D eigenvalue weighted by Gasteiger charge is 3.03. The van der Waals surface area contributed by atoms with Gasteiger partial charge >= 0.3 is 23.6 Å². The van der Waals surface area contributed by atoms with E-state index in [1.807, 2.05) is 0 Å². The van der Waals surface area contributed by atoms with Gasteiger partial charge in [0, 0.05) is 11.1 Å². The molecule has 4 aromatic rings. The second kappa shape index (κ2) is 10.2. The minimum absolute atomic E-state index is 0.0153. The number of alkyl halides is 8. The highest BCUT2D eigenvalue weighted by Crippen LogP contribution is 2.68. The van der Waals surface area contributed by atoms with Crippen molar-refractivity contribution in [1.82, 2.24) is 9.97 Å². The maximum atomic E-state index is 15.7. The van der Waals surface area contributed by atoms with E-state index >= 15 is 8.78 Å². The van der Waals surface area contributed by atoms with Crippen LogP contribution in [0.1, 0.15) is 36.8 Å². The van der Waals surface area contributed by atoms with Gasteiger partial charge in [0.25, 0.3) is 0 Å². The van der Waals surface area contributed by atoms with Crippen molar-refractivity contribution in [2.45, 2.75) is 48.7 Å². The summed E-state index contributed by atoms with van der Waals surface area (Å²) in [6.07, 6.45) is 10.6. The number of ether oxygens (including phenoxy) is 2. The van der Waals surface area contributed by atoms with Crippen molar-refractivity contribution in [2.75, 3.05) is 0 Å². The van der Waals surface area contributed by atoms with E-state index in [1.165, 1.54) is 86.7 Å². The predicted molar refractivity (Wildman–Crippen MR) is 158 cm³/mol. The molecule has 0 radical (unpaired) electrons. The van der Waals surface area contributed by atoms with Crippen LogP contribution in [0.2, 0.25) is 0 Å². The first-order chi connectivity index (χ1) is 22.4. The lowest BCUT2D eigenvalue weighted by atomic mass is 9.76. The van der Waals surface area contributed by atoms with Gasteiger partial charge in [-0.05, 0) is 111 Å². The molecular weight excluding hydrogens is 652 g/mol. The van der Waals surface area contributed by atoms with Gasteiger partial charge in [0.05, 0.1) is 0 Å². The minimum Gasteiger partial charge on any atom is -0.447 e. The average molecular weight is 675 g/mol. The van der Waals surface area contributed by atoms with Crippen molar-refractivity contribution >= 4 is 24.3 Å². The summed E-state index contributed by atoms with van der Waals surface area (Å²) in [6.45, 7) is 2.65. The first-order valence-electron chi connectivity index (χ1n) is 14.3. The first kappa shape index (κ1) is 31.5. The van der Waals surface area contributed by atoms with Gasteiger partial charge in [-0.1, -0.05) is 0 Å². The lowest BCUT2D eigenvalue weighted by molar-refractivity contribution is -0.527. The quantitative estimate of drug-likeness (QED) is 0.190. The molecule has 0 bridgehead atoms. The molecule has 2 aromatic heterocycles. The lowest BCUT2D eigenvalue weighted by Gasteiger charge is -2.55. The molecule has 2 heterocycles. The van der Waals surface area contributed by atoms with E-state index in [0.29, 0.717) is 11.4 Å². The third-order valence-corrected chi connectivity index (χ3v) is 7.95. The van der Waals surface area contributed by atoms with E-state index in [0.717, 1.165) is 24.3 Å². The van der Waals surface area contributed by atoms with Gasteiger partial charge in [-0.3, -0.25) is 0 Å². The Hall–Kier alpha value is -5.14. The number of allylic oxidation sites excluding steroid dienone is 4. The smallest absolute Gasteiger partial charge is 0.395 e. The van der Waals surface area contributed by atoms with Gasteiger partial charge in [0.15, 0.2) is 11.5 Å². The summed E-state index contributed by atoms with van der Waals surface area (Å²) in [7, 11) is 0. The van der Waals surface area contributed by atoms with Crippen LogP contribution >= 0.6 is 0 Å². The highest BCUT2D eigenvalue weighted by atomic mass is 19.3. The summed E-state index contributed by atoms with van der Waals surface area (Å²) in [5.41, 5.74) is -2.39. The largest absolute Gasteiger partial charge is 0.447 e. The van der Waals surface area contributed by atoms with Crippen LogP contribution < -0.4 is 9.47 Å². The number of oxazole rings is 2. The SMILES string of the molecule is CC1(F)C=Cc2nc(-c3ccc(OC4(F)C(F)(F)C(F)(F)C4(F)Oc4ccc(-c5nc6c(o5)C=CC(C)(F)C=C6)cc4)cc3)oc2C=C1. The number of rotatable bonds is 6. The lowest BCUT2D eigenvalue weighted by Crippen LogP contribution is -2.89. The minimum atomic E-state index is -5.65. The third-order valence-electron chi connectivity index (χ3n) is 7.95. The van der Waals surface area contributed by atoms with E-state index < -0.39 is 46.4 Å². The third kappa shape index (κ3) is 4.75. The Labute approximate surface area is 266 Å². The molecule has 248 valence electrons. The fourth-order valence-electron chi connectivity index (χ4n) is 5.14. The second-order valence-electron chi connectivity index (χ2n) is 11.8. The number of benzene rings is 2. The van der Waals surface area contributed by atoms with Gasteiger partial charge in [0.1, 0.15) is 34.2 Å². The topological polar surface area (TPSA) is 70.5 Å². The Morgan fingerprint density at radius 3 is 1.19 bits per heavy atom. The van der Waals surface area contributed by atoms with Crippen LogP contribution in [-0.2, 0) is 0 Å². The molecule has 6 nitrogen and oxygen atoms in total. The molecule has 3 aliphatic rings. The Bertz CT molecular complexity index is 1810. The normalized spacial score (nSPS) is 29.4. The van der Waals surface area contributed by atoms with Gasteiger partial charge in [-0.15, -0.1) is 0 Å². The number of halogens is 8. The maximum absolute atomic E-state index is 15.7. The summed E-state index contributed by atoms with van der Waals surface area (Å²) >= 11 is 0. The summed E-state index contributed by atoms with van der Waals surface area (Å²) in [5.74, 6) is -22.2. The van der Waals surface area contributed by atoms with E-state index in [2.05, 4.69) is 19.4 Å². The maximum Gasteiger partial charge on any atom is 0.395 e. The van der Waals surface area contributed by atoms with Gasteiger partial charge < -0.3 is 18.3 Å². The van der Waals surface area contributed by atoms with Crippen LogP contribution in [-0.4, -0.2) is 44.9 Å². The Kier molecular flexibility index (Phi) is 6.67. The van der Waals surface area contributed by atoms with Crippen LogP contribution in [0.15, 0.2) is 81.7 Å². The number of hydrogen-bond donors (Lipinski definition) is 0. The van der Waals surface area contributed by atoms with Crippen LogP contribution in [0.5, 0.6) is 11.5 Å². The molecule has 14 heteroatoms. The predicted octanol–water partition coefficient (Wildman–Crippen LogP) is 9.61. The van der Waals surface area contributed by atoms with Gasteiger partial charge in [-0.2, -0.15) is 26.3 Å². The fourth-order valence-corrected chi connectivity index (χ4v) is 5.14. The Morgan fingerprint density at radius 2 is 0.833 bits per heavy atom. The summed E-state index contributed by atoms with van der Waals surface area (Å²) in [5, 5.41) is 0. The average Bonchev–Trinajstić information content (AvgIpc) is 3.58. The molecule has 0 saturated heterocycles. The molecule has 0 spiro atoms. The van der Waals surface area contributed by atoms with Gasteiger partial charge in [-0.25, -0.2) is 18.7 Å². The van der Waals surface area contributed by atoms with E-state index in [-0.39, 0.29) is 34.4 Å². The van der Waals surface area contributed by atoms with Crippen molar-refractivity contribution < 1.29 is 53.4 Å². The molecule has 4 unspecified atom stereocenters. The number of fused-ring (bicyclic) bond motifs is 2. The monoisotopic (exact) mass is 674 g/mol. The van der Waals surface area contributed by atoms with E-state index in [1.54, 1.807) is 0 Å². The van der Waals surface area contributed by atoms with Crippen molar-refractivity contribution in [3.8, 4) is 34.4 Å². The summed E-state index contributed by atoms with van der Waals surface area (Å²) < 4.78 is 139. The number of nitrogens with zero attached hydrogens (tertiary/aromatic N) is 2. The summed E-state index contributed by atoms with van der Waals surface area (Å²) in [6, 6.07) is 8.46. The van der Waals surface area contributed by atoms with Gasteiger partial charge in [0.2, 0.25) is 11.8 Å². The Morgan fingerprint density at radius 1 is 0.500 bits per heavy atom. The molecule has 2 aromatic carbocycles. The van der Waals surface area contributed by atoms with Crippen LogP contribution in [0.4, 0.5) is 35.1 Å².